The molecule has 1 heterocycles. The maximum absolute atomic E-state index is 12.9. The van der Waals surface area contributed by atoms with E-state index in [-0.39, 0.29) is 24.0 Å². The molecule has 1 aliphatic heterocycles. The minimum atomic E-state index is -0.531. The maximum Gasteiger partial charge on any atom is 0.410 e. The average Bonchev–Trinajstić information content (AvgIpc) is 3.14. The maximum atomic E-state index is 12.9. The highest BCUT2D eigenvalue weighted by Crippen LogP contribution is 2.25. The third-order valence-corrected chi connectivity index (χ3v) is 4.89. The van der Waals surface area contributed by atoms with Gasteiger partial charge in [-0.1, -0.05) is 31.9 Å². The predicted molar refractivity (Wildman–Crippen MR) is 109 cm³/mol. The molecule has 6 nitrogen and oxygen atoms in total. The van der Waals surface area contributed by atoms with E-state index in [0.29, 0.717) is 19.5 Å². The number of ether oxygens (including phenoxy) is 2. The van der Waals surface area contributed by atoms with Crippen LogP contribution in [0, 0.1) is 5.92 Å². The van der Waals surface area contributed by atoms with E-state index < -0.39 is 5.60 Å². The van der Waals surface area contributed by atoms with E-state index in [9.17, 15) is 9.59 Å². The molecule has 28 heavy (non-hydrogen) atoms. The number of amides is 2. The zero-order chi connectivity index (χ0) is 20.7. The minimum Gasteiger partial charge on any atom is -0.497 e. The summed E-state index contributed by atoms with van der Waals surface area (Å²) >= 11 is 0. The molecule has 1 aromatic carbocycles. The molecule has 0 spiro atoms. The largest absolute Gasteiger partial charge is 0.497 e. The fourth-order valence-electron chi connectivity index (χ4n) is 3.32. The second kappa shape index (κ2) is 9.80. The van der Waals surface area contributed by atoms with Gasteiger partial charge in [-0.15, -0.1) is 0 Å². The third kappa shape index (κ3) is 6.43. The van der Waals surface area contributed by atoms with Gasteiger partial charge in [-0.25, -0.2) is 4.79 Å². The lowest BCUT2D eigenvalue weighted by Crippen LogP contribution is -2.38. The van der Waals surface area contributed by atoms with Crippen LogP contribution in [0.3, 0.4) is 0 Å². The second-order valence-corrected chi connectivity index (χ2v) is 8.39. The number of hydrogen-bond donors (Lipinski definition) is 1. The molecular formula is C22H34N2O4. The Morgan fingerprint density at radius 2 is 1.93 bits per heavy atom. The molecule has 0 saturated carbocycles. The first-order chi connectivity index (χ1) is 13.2. The monoisotopic (exact) mass is 390 g/mol. The lowest BCUT2D eigenvalue weighted by atomic mass is 9.99. The van der Waals surface area contributed by atoms with Crippen molar-refractivity contribution in [2.75, 3.05) is 20.2 Å². The van der Waals surface area contributed by atoms with Crippen molar-refractivity contribution in [1.29, 1.82) is 0 Å². The van der Waals surface area contributed by atoms with Crippen LogP contribution in [0.2, 0.25) is 0 Å². The van der Waals surface area contributed by atoms with Crippen molar-refractivity contribution in [3.63, 3.8) is 0 Å². The van der Waals surface area contributed by atoms with Gasteiger partial charge in [0.05, 0.1) is 19.1 Å². The quantitative estimate of drug-likeness (QED) is 0.754. The summed E-state index contributed by atoms with van der Waals surface area (Å²) in [6, 6.07) is 7.80. The van der Waals surface area contributed by atoms with E-state index in [1.807, 2.05) is 45.0 Å². The number of likely N-dealkylation sites (tertiary alicyclic amines) is 1. The number of benzene rings is 1. The van der Waals surface area contributed by atoms with Crippen molar-refractivity contribution in [1.82, 2.24) is 10.2 Å². The molecule has 2 atom stereocenters. The molecule has 1 aliphatic rings. The van der Waals surface area contributed by atoms with Crippen LogP contribution >= 0.6 is 0 Å². The Balaban J connectivity index is 1.98. The number of carbonyl (C=O) groups is 2. The van der Waals surface area contributed by atoms with Crippen molar-refractivity contribution in [3.05, 3.63) is 29.8 Å². The molecule has 0 aromatic heterocycles. The zero-order valence-corrected chi connectivity index (χ0v) is 17.8. The minimum absolute atomic E-state index is 0.00276. The summed E-state index contributed by atoms with van der Waals surface area (Å²) in [5, 5.41) is 3.20. The predicted octanol–water partition coefficient (Wildman–Crippen LogP) is 4.30. The molecule has 0 aliphatic carbocycles. The number of methoxy groups -OCH3 is 1. The summed E-state index contributed by atoms with van der Waals surface area (Å²) < 4.78 is 10.6. The Morgan fingerprint density at radius 3 is 2.50 bits per heavy atom. The summed E-state index contributed by atoms with van der Waals surface area (Å²) in [5.74, 6) is 0.603. The first-order valence-electron chi connectivity index (χ1n) is 10.2. The van der Waals surface area contributed by atoms with Crippen molar-refractivity contribution < 1.29 is 19.1 Å². The van der Waals surface area contributed by atoms with E-state index in [1.54, 1.807) is 12.0 Å². The highest BCUT2D eigenvalue weighted by molar-refractivity contribution is 5.81. The van der Waals surface area contributed by atoms with Crippen LogP contribution in [-0.4, -0.2) is 42.7 Å². The summed E-state index contributed by atoms with van der Waals surface area (Å²) in [4.78, 5) is 26.7. The van der Waals surface area contributed by atoms with E-state index in [1.165, 1.54) is 0 Å². The Hall–Kier alpha value is -2.24. The van der Waals surface area contributed by atoms with Gasteiger partial charge in [0, 0.05) is 13.1 Å². The van der Waals surface area contributed by atoms with Gasteiger partial charge in [0.2, 0.25) is 5.91 Å². The van der Waals surface area contributed by atoms with Gasteiger partial charge in [-0.05, 0) is 51.3 Å². The molecule has 0 radical (unpaired) electrons. The van der Waals surface area contributed by atoms with Crippen molar-refractivity contribution in [2.45, 2.75) is 65.0 Å². The molecule has 1 fully saturated rings. The fraction of sp³-hybridized carbons (Fsp3) is 0.636. The highest BCUT2D eigenvalue weighted by atomic mass is 16.6. The Kier molecular flexibility index (Phi) is 7.72. The van der Waals surface area contributed by atoms with Gasteiger partial charge >= 0.3 is 6.09 Å². The van der Waals surface area contributed by atoms with E-state index >= 15 is 0 Å². The average molecular weight is 391 g/mol. The molecule has 1 aromatic rings. The number of hydrogen-bond acceptors (Lipinski definition) is 4. The molecule has 2 rings (SSSR count). The fourth-order valence-corrected chi connectivity index (χ4v) is 3.32. The van der Waals surface area contributed by atoms with Crippen molar-refractivity contribution in [2.24, 2.45) is 5.92 Å². The lowest BCUT2D eigenvalue weighted by Gasteiger charge is -2.25. The van der Waals surface area contributed by atoms with Gasteiger partial charge in [-0.2, -0.15) is 0 Å². The smallest absolute Gasteiger partial charge is 0.410 e. The number of unbranched alkanes of at least 4 members (excludes halogenated alkanes) is 1. The summed E-state index contributed by atoms with van der Waals surface area (Å²) in [5.41, 5.74) is 0.543. The first kappa shape index (κ1) is 22.1. The zero-order valence-electron chi connectivity index (χ0n) is 17.8. The first-order valence-corrected chi connectivity index (χ1v) is 10.2. The van der Waals surface area contributed by atoms with Crippen molar-refractivity contribution in [3.8, 4) is 5.75 Å². The Labute approximate surface area is 168 Å². The van der Waals surface area contributed by atoms with E-state index in [0.717, 1.165) is 30.6 Å². The molecule has 1 N–H and O–H groups in total. The van der Waals surface area contributed by atoms with Gasteiger partial charge in [0.1, 0.15) is 11.4 Å². The highest BCUT2D eigenvalue weighted by Gasteiger charge is 2.34. The SMILES string of the molecule is CCCCC(NC(=O)C1CCN(C(=O)OC(C)(C)C)C1)c1ccc(OC)cc1. The van der Waals surface area contributed by atoms with Crippen LogP contribution in [0.4, 0.5) is 4.79 Å². The van der Waals surface area contributed by atoms with E-state index in [2.05, 4.69) is 12.2 Å². The summed E-state index contributed by atoms with van der Waals surface area (Å²) in [7, 11) is 1.64. The molecule has 0 bridgehead atoms. The van der Waals surface area contributed by atoms with Crippen LogP contribution in [0.15, 0.2) is 24.3 Å². The number of rotatable bonds is 7. The Morgan fingerprint density at radius 1 is 1.25 bits per heavy atom. The normalized spacial score (nSPS) is 17.9. The third-order valence-electron chi connectivity index (χ3n) is 4.89. The number of nitrogens with one attached hydrogen (secondary N) is 1. The lowest BCUT2D eigenvalue weighted by molar-refractivity contribution is -0.125. The number of nitrogens with zero attached hydrogens (tertiary/aromatic N) is 1. The van der Waals surface area contributed by atoms with Gasteiger partial charge < -0.3 is 19.7 Å². The molecule has 2 amide bonds. The van der Waals surface area contributed by atoms with Crippen LogP contribution in [0.25, 0.3) is 0 Å². The van der Waals surface area contributed by atoms with Gasteiger partial charge in [0.25, 0.3) is 0 Å². The second-order valence-electron chi connectivity index (χ2n) is 8.39. The topological polar surface area (TPSA) is 67.9 Å². The Bertz CT molecular complexity index is 651. The van der Waals surface area contributed by atoms with Crippen LogP contribution in [0.5, 0.6) is 5.75 Å². The number of carbonyl (C=O) groups excluding carboxylic acids is 2. The summed E-state index contributed by atoms with van der Waals surface area (Å²) in [6.45, 7) is 8.64. The standard InChI is InChI=1S/C22H34N2O4/c1-6-7-8-19(16-9-11-18(27-5)12-10-16)23-20(25)17-13-14-24(15-17)21(26)28-22(2,3)4/h9-12,17,19H,6-8,13-15H2,1-5H3,(H,23,25). The van der Waals surface area contributed by atoms with Crippen LogP contribution < -0.4 is 10.1 Å². The van der Waals surface area contributed by atoms with Gasteiger partial charge in [-0.3, -0.25) is 4.79 Å². The van der Waals surface area contributed by atoms with E-state index in [4.69, 9.17) is 9.47 Å². The molecule has 6 heteroatoms. The van der Waals surface area contributed by atoms with Crippen LogP contribution in [-0.2, 0) is 9.53 Å². The molecule has 156 valence electrons. The molecule has 1 saturated heterocycles. The molecule has 2 unspecified atom stereocenters. The van der Waals surface area contributed by atoms with Crippen molar-refractivity contribution >= 4 is 12.0 Å². The molecular weight excluding hydrogens is 356 g/mol. The van der Waals surface area contributed by atoms with Crippen LogP contribution in [0.1, 0.15) is 65.0 Å². The summed E-state index contributed by atoms with van der Waals surface area (Å²) in [6.07, 6.45) is 3.30. The van der Waals surface area contributed by atoms with Gasteiger partial charge in [0.15, 0.2) is 0 Å².